The molecule has 0 radical (unpaired) electrons. The number of nitrogens with zero attached hydrogens (tertiary/aromatic N) is 2. The Hall–Kier alpha value is -3.78. The lowest BCUT2D eigenvalue weighted by Crippen LogP contribution is -2.39. The summed E-state index contributed by atoms with van der Waals surface area (Å²) in [5.41, 5.74) is 1.99. The van der Waals surface area contributed by atoms with E-state index in [0.29, 0.717) is 5.69 Å². The first-order valence-electron chi connectivity index (χ1n) is 9.66. The van der Waals surface area contributed by atoms with Crippen LogP contribution >= 0.6 is 11.3 Å². The smallest absolute Gasteiger partial charge is 0.333 e. The predicted molar refractivity (Wildman–Crippen MR) is 121 cm³/mol. The maximum absolute atomic E-state index is 12.8. The monoisotopic (exact) mass is 432 g/mol. The average Bonchev–Trinajstić information content (AvgIpc) is 3.13. The molecule has 7 nitrogen and oxygen atoms in total. The summed E-state index contributed by atoms with van der Waals surface area (Å²) in [7, 11) is 0. The Kier molecular flexibility index (Phi) is 5.64. The van der Waals surface area contributed by atoms with E-state index in [1.165, 1.54) is 11.3 Å². The van der Waals surface area contributed by atoms with Crippen LogP contribution in [0.1, 0.15) is 26.5 Å². The van der Waals surface area contributed by atoms with Crippen LogP contribution in [0.5, 0.6) is 0 Å². The number of benzene rings is 2. The minimum atomic E-state index is -0.672. The number of carbonyl (C=O) groups is 1. The number of aryl methyl sites for hydroxylation is 2. The van der Waals surface area contributed by atoms with E-state index < -0.39 is 17.2 Å². The van der Waals surface area contributed by atoms with Gasteiger partial charge in [-0.2, -0.15) is 0 Å². The van der Waals surface area contributed by atoms with Gasteiger partial charge in [-0.25, -0.2) is 14.3 Å². The number of hydrogen-bond donors (Lipinski definition) is 2. The Labute approximate surface area is 182 Å². The number of para-hydroxylation sites is 1. The largest absolute Gasteiger partial charge is 0.347 e. The van der Waals surface area contributed by atoms with Gasteiger partial charge >= 0.3 is 5.69 Å². The molecule has 2 aromatic carbocycles. The van der Waals surface area contributed by atoms with Gasteiger partial charge in [0.05, 0.1) is 17.9 Å². The molecule has 0 atom stereocenters. The number of rotatable bonds is 5. The van der Waals surface area contributed by atoms with Crippen LogP contribution in [-0.4, -0.2) is 20.4 Å². The summed E-state index contributed by atoms with van der Waals surface area (Å²) in [5, 5.41) is 3.66. The fourth-order valence-corrected chi connectivity index (χ4v) is 4.32. The minimum Gasteiger partial charge on any atom is -0.347 e. The molecule has 8 heteroatoms. The number of aromatic nitrogens is 3. The Bertz CT molecular complexity index is 1370. The molecule has 0 spiro atoms. The number of nitrogens with one attached hydrogen (secondary N) is 2. The van der Waals surface area contributed by atoms with Gasteiger partial charge in [-0.3, -0.25) is 9.59 Å². The van der Waals surface area contributed by atoms with E-state index in [2.05, 4.69) is 15.3 Å². The molecule has 2 heterocycles. The second-order valence-corrected chi connectivity index (χ2v) is 8.09. The Morgan fingerprint density at radius 1 is 1.06 bits per heavy atom. The number of aromatic amines is 1. The molecule has 0 bridgehead atoms. The molecule has 0 aliphatic heterocycles. The maximum atomic E-state index is 12.8. The van der Waals surface area contributed by atoms with Gasteiger partial charge in [-0.1, -0.05) is 42.5 Å². The van der Waals surface area contributed by atoms with Gasteiger partial charge in [0.2, 0.25) is 0 Å². The van der Waals surface area contributed by atoms with Crippen LogP contribution in [0.15, 0.2) is 70.4 Å². The van der Waals surface area contributed by atoms with Crippen LogP contribution in [0, 0.1) is 13.8 Å². The lowest BCUT2D eigenvalue weighted by Gasteiger charge is -2.07. The van der Waals surface area contributed by atoms with E-state index in [4.69, 9.17) is 0 Å². The van der Waals surface area contributed by atoms with Crippen molar-refractivity contribution in [2.75, 3.05) is 0 Å². The van der Waals surface area contributed by atoms with Crippen LogP contribution in [0.4, 0.5) is 0 Å². The topological polar surface area (TPSA) is 96.8 Å². The third kappa shape index (κ3) is 4.10. The zero-order chi connectivity index (χ0) is 22.0. The van der Waals surface area contributed by atoms with E-state index in [9.17, 15) is 14.4 Å². The summed E-state index contributed by atoms with van der Waals surface area (Å²) in [5.74, 6) is -0.559. The second-order valence-electron chi connectivity index (χ2n) is 7.01. The molecule has 0 saturated carbocycles. The molecule has 0 fully saturated rings. The van der Waals surface area contributed by atoms with Crippen LogP contribution in [-0.2, 0) is 6.54 Å². The van der Waals surface area contributed by atoms with Gasteiger partial charge in [0.25, 0.3) is 11.5 Å². The van der Waals surface area contributed by atoms with Crippen molar-refractivity contribution in [3.05, 3.63) is 103 Å². The number of thiazole rings is 1. The third-order valence-electron chi connectivity index (χ3n) is 4.91. The van der Waals surface area contributed by atoms with Crippen LogP contribution in [0.3, 0.4) is 0 Å². The fourth-order valence-electron chi connectivity index (χ4n) is 3.22. The summed E-state index contributed by atoms with van der Waals surface area (Å²) >= 11 is 1.50. The SMILES string of the molecule is Cc1ccccc1-c1nc(C)c(CNC(=O)c2c[nH]c(=O)n(-c3ccccc3)c2=O)s1. The molecule has 4 rings (SSSR count). The summed E-state index contributed by atoms with van der Waals surface area (Å²) in [4.78, 5) is 45.7. The Morgan fingerprint density at radius 3 is 2.52 bits per heavy atom. The van der Waals surface area contributed by atoms with Crippen molar-refractivity contribution >= 4 is 17.2 Å². The molecule has 1 amide bonds. The zero-order valence-electron chi connectivity index (χ0n) is 17.0. The standard InChI is InChI=1S/C23H20N4O3S/c1-14-8-6-7-11-17(14)21-26-15(2)19(31-21)13-24-20(28)18-12-25-23(30)27(22(18)29)16-9-4-3-5-10-16/h3-12H,13H2,1-2H3,(H,24,28)(H,25,30). The van der Waals surface area contributed by atoms with Crippen LogP contribution in [0.25, 0.3) is 16.3 Å². The first-order valence-corrected chi connectivity index (χ1v) is 10.5. The molecule has 2 N–H and O–H groups in total. The molecular formula is C23H20N4O3S. The summed E-state index contributed by atoms with van der Waals surface area (Å²) in [6.07, 6.45) is 1.15. The first kappa shape index (κ1) is 20.5. The highest BCUT2D eigenvalue weighted by Gasteiger charge is 2.17. The lowest BCUT2D eigenvalue weighted by molar-refractivity contribution is 0.0949. The van der Waals surface area contributed by atoms with Crippen molar-refractivity contribution in [3.8, 4) is 16.3 Å². The maximum Gasteiger partial charge on any atom is 0.333 e. The summed E-state index contributed by atoms with van der Waals surface area (Å²) in [6, 6.07) is 16.5. The van der Waals surface area contributed by atoms with Crippen molar-refractivity contribution in [3.63, 3.8) is 0 Å². The van der Waals surface area contributed by atoms with Crippen LogP contribution in [0.2, 0.25) is 0 Å². The molecule has 0 unspecified atom stereocenters. The number of amides is 1. The Morgan fingerprint density at radius 2 is 1.77 bits per heavy atom. The van der Waals surface area contributed by atoms with Gasteiger partial charge in [-0.05, 0) is 31.5 Å². The molecule has 31 heavy (non-hydrogen) atoms. The van der Waals surface area contributed by atoms with Crippen molar-refractivity contribution in [1.29, 1.82) is 0 Å². The quantitative estimate of drug-likeness (QED) is 0.506. The van der Waals surface area contributed by atoms with E-state index >= 15 is 0 Å². The van der Waals surface area contributed by atoms with Crippen LogP contribution < -0.4 is 16.6 Å². The van der Waals surface area contributed by atoms with E-state index in [1.807, 2.05) is 38.1 Å². The van der Waals surface area contributed by atoms with Crippen molar-refractivity contribution < 1.29 is 4.79 Å². The molecule has 0 aliphatic carbocycles. The molecule has 0 aliphatic rings. The minimum absolute atomic E-state index is 0.134. The van der Waals surface area contributed by atoms with Gasteiger partial charge in [0.15, 0.2) is 0 Å². The zero-order valence-corrected chi connectivity index (χ0v) is 17.8. The first-order chi connectivity index (χ1) is 15.0. The summed E-state index contributed by atoms with van der Waals surface area (Å²) < 4.78 is 0.948. The van der Waals surface area contributed by atoms with Gasteiger partial charge in [0.1, 0.15) is 10.6 Å². The van der Waals surface area contributed by atoms with Gasteiger partial charge in [0, 0.05) is 16.6 Å². The van der Waals surface area contributed by atoms with Gasteiger partial charge in [-0.15, -0.1) is 11.3 Å². The van der Waals surface area contributed by atoms with Crippen molar-refractivity contribution in [1.82, 2.24) is 19.9 Å². The molecule has 0 saturated heterocycles. The normalized spacial score (nSPS) is 10.8. The number of hydrogen-bond acceptors (Lipinski definition) is 5. The predicted octanol–water partition coefficient (Wildman–Crippen LogP) is 3.20. The third-order valence-corrected chi connectivity index (χ3v) is 6.10. The van der Waals surface area contributed by atoms with Gasteiger partial charge < -0.3 is 10.3 Å². The van der Waals surface area contributed by atoms with E-state index in [0.717, 1.165) is 37.5 Å². The average molecular weight is 433 g/mol. The number of carbonyl (C=O) groups excluding carboxylic acids is 1. The lowest BCUT2D eigenvalue weighted by atomic mass is 10.1. The molecule has 4 aromatic rings. The highest BCUT2D eigenvalue weighted by atomic mass is 32.1. The molecule has 156 valence electrons. The molecular weight excluding hydrogens is 412 g/mol. The fraction of sp³-hybridized carbons (Fsp3) is 0.130. The van der Waals surface area contributed by atoms with E-state index in [1.54, 1.807) is 30.3 Å². The number of H-pyrrole nitrogens is 1. The highest BCUT2D eigenvalue weighted by molar-refractivity contribution is 7.15. The van der Waals surface area contributed by atoms with E-state index in [-0.39, 0.29) is 12.1 Å². The van der Waals surface area contributed by atoms with Crippen molar-refractivity contribution in [2.24, 2.45) is 0 Å². The second kappa shape index (κ2) is 8.53. The highest BCUT2D eigenvalue weighted by Crippen LogP contribution is 2.29. The molecule has 2 aromatic heterocycles. The Balaban J connectivity index is 1.57. The van der Waals surface area contributed by atoms with Crippen molar-refractivity contribution in [2.45, 2.75) is 20.4 Å². The summed E-state index contributed by atoms with van der Waals surface area (Å²) in [6.45, 7) is 4.15.